The lowest BCUT2D eigenvalue weighted by atomic mass is 10.2. The fourth-order valence-corrected chi connectivity index (χ4v) is 2.01. The van der Waals surface area contributed by atoms with E-state index in [1.54, 1.807) is 42.5 Å². The Morgan fingerprint density at radius 3 is 2.67 bits per heavy atom. The monoisotopic (exact) mass is 324 g/mol. The van der Waals surface area contributed by atoms with Crippen molar-refractivity contribution < 1.29 is 4.79 Å². The van der Waals surface area contributed by atoms with Gasteiger partial charge in [0.1, 0.15) is 0 Å². The summed E-state index contributed by atoms with van der Waals surface area (Å²) >= 11 is 9.27. The minimum Gasteiger partial charge on any atom is -0.399 e. The van der Waals surface area contributed by atoms with E-state index in [2.05, 4.69) is 21.2 Å². The molecule has 0 bridgehead atoms. The summed E-state index contributed by atoms with van der Waals surface area (Å²) in [5.41, 5.74) is 7.30. The van der Waals surface area contributed by atoms with Crippen LogP contribution in [0.15, 0.2) is 46.9 Å². The van der Waals surface area contributed by atoms with Crippen molar-refractivity contribution in [3.8, 4) is 0 Å². The summed E-state index contributed by atoms with van der Waals surface area (Å²) in [7, 11) is 0. The molecule has 3 nitrogen and oxygen atoms in total. The number of hydrogen-bond acceptors (Lipinski definition) is 2. The molecule has 0 spiro atoms. The van der Waals surface area contributed by atoms with Crippen LogP contribution in [0.4, 0.5) is 11.4 Å². The Hall–Kier alpha value is -1.52. The lowest BCUT2D eigenvalue weighted by Crippen LogP contribution is -2.12. The zero-order valence-electron chi connectivity index (χ0n) is 9.28. The van der Waals surface area contributed by atoms with Gasteiger partial charge in [-0.3, -0.25) is 4.79 Å². The molecule has 2 rings (SSSR count). The van der Waals surface area contributed by atoms with Crippen molar-refractivity contribution in [2.24, 2.45) is 0 Å². The van der Waals surface area contributed by atoms with Gasteiger partial charge in [-0.05, 0) is 46.3 Å². The number of hydrogen-bond donors (Lipinski definition) is 2. The topological polar surface area (TPSA) is 55.1 Å². The maximum atomic E-state index is 12.0. The highest BCUT2D eigenvalue weighted by Gasteiger charge is 2.09. The first-order valence-corrected chi connectivity index (χ1v) is 6.36. The molecule has 0 aromatic heterocycles. The maximum absolute atomic E-state index is 12.0. The van der Waals surface area contributed by atoms with E-state index in [1.165, 1.54) is 0 Å². The second-order valence-corrected chi connectivity index (χ2v) is 4.88. The van der Waals surface area contributed by atoms with Gasteiger partial charge in [-0.1, -0.05) is 23.7 Å². The molecule has 18 heavy (non-hydrogen) atoms. The molecule has 5 heteroatoms. The standard InChI is InChI=1S/C13H10BrClN2O/c14-12-10(15)5-2-6-11(12)17-13(18)8-3-1-4-9(16)7-8/h1-7H,16H2,(H,17,18). The van der Waals surface area contributed by atoms with Crippen LogP contribution in [0.25, 0.3) is 0 Å². The SMILES string of the molecule is Nc1cccc(C(=O)Nc2cccc(Cl)c2Br)c1. The third-order valence-electron chi connectivity index (χ3n) is 2.35. The summed E-state index contributed by atoms with van der Waals surface area (Å²) in [4.78, 5) is 12.0. The van der Waals surface area contributed by atoms with Crippen LogP contribution in [0.5, 0.6) is 0 Å². The average molecular weight is 326 g/mol. The Labute approximate surface area is 118 Å². The van der Waals surface area contributed by atoms with E-state index in [1.807, 2.05) is 0 Å². The van der Waals surface area contributed by atoms with Gasteiger partial charge in [-0.2, -0.15) is 0 Å². The van der Waals surface area contributed by atoms with E-state index in [9.17, 15) is 4.79 Å². The predicted molar refractivity (Wildman–Crippen MR) is 78.0 cm³/mol. The van der Waals surface area contributed by atoms with E-state index in [0.29, 0.717) is 26.4 Å². The number of nitrogens with one attached hydrogen (secondary N) is 1. The van der Waals surface area contributed by atoms with Crippen molar-refractivity contribution >= 4 is 44.8 Å². The van der Waals surface area contributed by atoms with Crippen LogP contribution >= 0.6 is 27.5 Å². The lowest BCUT2D eigenvalue weighted by molar-refractivity contribution is 0.102. The first kappa shape index (κ1) is 12.9. The summed E-state index contributed by atoms with van der Waals surface area (Å²) in [5.74, 6) is -0.231. The number of rotatable bonds is 2. The summed E-state index contributed by atoms with van der Waals surface area (Å²) in [5, 5.41) is 3.31. The number of carbonyl (C=O) groups excluding carboxylic acids is 1. The Morgan fingerprint density at radius 2 is 1.94 bits per heavy atom. The van der Waals surface area contributed by atoms with Gasteiger partial charge < -0.3 is 11.1 Å². The van der Waals surface area contributed by atoms with Crippen molar-refractivity contribution in [1.29, 1.82) is 0 Å². The second kappa shape index (κ2) is 5.42. The molecule has 0 aliphatic heterocycles. The number of nitrogens with two attached hydrogens (primary N) is 1. The smallest absolute Gasteiger partial charge is 0.255 e. The molecule has 0 radical (unpaired) electrons. The second-order valence-electron chi connectivity index (χ2n) is 3.68. The molecule has 2 aromatic carbocycles. The maximum Gasteiger partial charge on any atom is 0.255 e. The highest BCUT2D eigenvalue weighted by atomic mass is 79.9. The normalized spacial score (nSPS) is 10.1. The van der Waals surface area contributed by atoms with E-state index >= 15 is 0 Å². The van der Waals surface area contributed by atoms with Crippen molar-refractivity contribution in [2.75, 3.05) is 11.1 Å². The van der Waals surface area contributed by atoms with E-state index < -0.39 is 0 Å². The minimum absolute atomic E-state index is 0.231. The zero-order valence-corrected chi connectivity index (χ0v) is 11.6. The van der Waals surface area contributed by atoms with Crippen LogP contribution in [0.3, 0.4) is 0 Å². The molecular weight excluding hydrogens is 316 g/mol. The third-order valence-corrected chi connectivity index (χ3v) is 3.75. The van der Waals surface area contributed by atoms with Gasteiger partial charge >= 0.3 is 0 Å². The van der Waals surface area contributed by atoms with Gasteiger partial charge in [0.25, 0.3) is 5.91 Å². The lowest BCUT2D eigenvalue weighted by Gasteiger charge is -2.08. The van der Waals surface area contributed by atoms with Crippen LogP contribution in [-0.2, 0) is 0 Å². The summed E-state index contributed by atoms with van der Waals surface area (Å²) in [6.45, 7) is 0. The average Bonchev–Trinajstić information content (AvgIpc) is 2.35. The molecule has 0 saturated heterocycles. The highest BCUT2D eigenvalue weighted by Crippen LogP contribution is 2.30. The first-order chi connectivity index (χ1) is 8.58. The summed E-state index contributed by atoms with van der Waals surface area (Å²) < 4.78 is 0.656. The number of anilines is 2. The number of halogens is 2. The molecule has 0 saturated carbocycles. The Balaban J connectivity index is 2.24. The molecule has 0 atom stereocenters. The Morgan fingerprint density at radius 1 is 1.22 bits per heavy atom. The number of nitrogen functional groups attached to an aromatic ring is 1. The molecule has 2 aromatic rings. The quantitative estimate of drug-likeness (QED) is 0.822. The Kier molecular flexibility index (Phi) is 3.89. The van der Waals surface area contributed by atoms with Crippen LogP contribution < -0.4 is 11.1 Å². The van der Waals surface area contributed by atoms with Crippen LogP contribution in [0.1, 0.15) is 10.4 Å². The Bertz CT molecular complexity index is 601. The summed E-state index contributed by atoms with van der Waals surface area (Å²) in [6, 6.07) is 12.0. The van der Waals surface area contributed by atoms with E-state index in [4.69, 9.17) is 17.3 Å². The van der Waals surface area contributed by atoms with Crippen molar-refractivity contribution in [3.63, 3.8) is 0 Å². The first-order valence-electron chi connectivity index (χ1n) is 5.19. The van der Waals surface area contributed by atoms with Gasteiger partial charge in [0.05, 0.1) is 15.2 Å². The van der Waals surface area contributed by atoms with E-state index in [0.717, 1.165) is 0 Å². The zero-order chi connectivity index (χ0) is 13.1. The van der Waals surface area contributed by atoms with Crippen LogP contribution in [0.2, 0.25) is 5.02 Å². The van der Waals surface area contributed by atoms with Gasteiger partial charge in [-0.25, -0.2) is 0 Å². The molecule has 0 aliphatic carbocycles. The minimum atomic E-state index is -0.231. The molecule has 3 N–H and O–H groups in total. The molecule has 1 amide bonds. The van der Waals surface area contributed by atoms with E-state index in [-0.39, 0.29) is 5.91 Å². The molecule has 0 unspecified atom stereocenters. The molecule has 0 heterocycles. The molecular formula is C13H10BrClN2O. The predicted octanol–water partition coefficient (Wildman–Crippen LogP) is 3.94. The number of carbonyl (C=O) groups is 1. The molecule has 0 fully saturated rings. The van der Waals surface area contributed by atoms with Crippen molar-refractivity contribution in [3.05, 3.63) is 57.5 Å². The van der Waals surface area contributed by atoms with Gasteiger partial charge in [0.2, 0.25) is 0 Å². The number of benzene rings is 2. The fourth-order valence-electron chi connectivity index (χ4n) is 1.47. The molecule has 0 aliphatic rings. The van der Waals surface area contributed by atoms with Crippen LogP contribution in [0, 0.1) is 0 Å². The van der Waals surface area contributed by atoms with Crippen molar-refractivity contribution in [2.45, 2.75) is 0 Å². The van der Waals surface area contributed by atoms with Gasteiger partial charge in [0.15, 0.2) is 0 Å². The fraction of sp³-hybridized carbons (Fsp3) is 0. The van der Waals surface area contributed by atoms with Gasteiger partial charge in [-0.15, -0.1) is 0 Å². The van der Waals surface area contributed by atoms with Crippen LogP contribution in [-0.4, -0.2) is 5.91 Å². The van der Waals surface area contributed by atoms with Crippen molar-refractivity contribution in [1.82, 2.24) is 0 Å². The molecule has 92 valence electrons. The van der Waals surface area contributed by atoms with Gasteiger partial charge in [0, 0.05) is 11.3 Å². The highest BCUT2D eigenvalue weighted by molar-refractivity contribution is 9.10. The third kappa shape index (κ3) is 2.83. The summed E-state index contributed by atoms with van der Waals surface area (Å²) in [6.07, 6.45) is 0. The largest absolute Gasteiger partial charge is 0.399 e. The number of amides is 1.